The normalized spacial score (nSPS) is 23.0. The van der Waals surface area contributed by atoms with Gasteiger partial charge in [-0.3, -0.25) is 14.4 Å². The van der Waals surface area contributed by atoms with Gasteiger partial charge in [-0.2, -0.15) is 0 Å². The van der Waals surface area contributed by atoms with E-state index in [0.717, 1.165) is 19.3 Å². The average molecular weight is 344 g/mol. The molecule has 0 radical (unpaired) electrons. The first-order valence-electron chi connectivity index (χ1n) is 8.74. The Morgan fingerprint density at radius 1 is 1.08 bits per heavy atom. The molecule has 0 aromatic heterocycles. The Labute approximate surface area is 146 Å². The summed E-state index contributed by atoms with van der Waals surface area (Å²) in [5, 5.41) is 5.90. The number of carbonyl (C=O) groups excluding carboxylic acids is 3. The number of nitrogens with zero attached hydrogens (tertiary/aromatic N) is 1. The zero-order valence-corrected chi connectivity index (χ0v) is 14.1. The molecule has 1 saturated carbocycles. The molecule has 2 atom stereocenters. The standard InChI is InChI=1S/C18H24N4O3/c19-10-16(23)22-11-14(21-17(24)12-5-2-1-3-6-12)9-15(22)18(25)20-13-7-4-8-13/h1-3,5-6,13-15H,4,7-11,19H2,(H,20,25)(H,21,24). The van der Waals surface area contributed by atoms with Crippen molar-refractivity contribution in [3.8, 4) is 0 Å². The Bertz CT molecular complexity index is 645. The van der Waals surface area contributed by atoms with Crippen LogP contribution in [-0.2, 0) is 9.59 Å². The van der Waals surface area contributed by atoms with Crippen LogP contribution >= 0.6 is 0 Å². The Hall–Kier alpha value is -2.41. The molecule has 1 aromatic carbocycles. The van der Waals surface area contributed by atoms with E-state index in [1.165, 1.54) is 4.90 Å². The first-order valence-corrected chi connectivity index (χ1v) is 8.74. The molecular weight excluding hydrogens is 320 g/mol. The van der Waals surface area contributed by atoms with Gasteiger partial charge < -0.3 is 21.3 Å². The summed E-state index contributed by atoms with van der Waals surface area (Å²) in [4.78, 5) is 38.4. The maximum Gasteiger partial charge on any atom is 0.251 e. The molecule has 7 heteroatoms. The summed E-state index contributed by atoms with van der Waals surface area (Å²) in [6, 6.07) is 8.26. The number of nitrogens with one attached hydrogen (secondary N) is 2. The second kappa shape index (κ2) is 7.65. The van der Waals surface area contributed by atoms with Crippen LogP contribution in [0.5, 0.6) is 0 Å². The summed E-state index contributed by atoms with van der Waals surface area (Å²) >= 11 is 0. The Morgan fingerprint density at radius 2 is 1.80 bits per heavy atom. The van der Waals surface area contributed by atoms with Crippen molar-refractivity contribution in [2.24, 2.45) is 5.73 Å². The van der Waals surface area contributed by atoms with Crippen molar-refractivity contribution in [2.45, 2.75) is 43.8 Å². The van der Waals surface area contributed by atoms with E-state index in [-0.39, 0.29) is 36.3 Å². The van der Waals surface area contributed by atoms with Gasteiger partial charge in [0, 0.05) is 24.2 Å². The van der Waals surface area contributed by atoms with Gasteiger partial charge in [-0.05, 0) is 37.8 Å². The average Bonchev–Trinajstić information content (AvgIpc) is 3.02. The third-order valence-electron chi connectivity index (χ3n) is 4.92. The Balaban J connectivity index is 1.64. The van der Waals surface area contributed by atoms with E-state index in [4.69, 9.17) is 5.73 Å². The highest BCUT2D eigenvalue weighted by atomic mass is 16.2. The van der Waals surface area contributed by atoms with E-state index >= 15 is 0 Å². The molecule has 3 rings (SSSR count). The fraction of sp³-hybridized carbons (Fsp3) is 0.500. The second-order valence-electron chi connectivity index (χ2n) is 6.67. The van der Waals surface area contributed by atoms with Crippen molar-refractivity contribution in [1.82, 2.24) is 15.5 Å². The summed E-state index contributed by atoms with van der Waals surface area (Å²) in [5.74, 6) is -0.626. The Kier molecular flexibility index (Phi) is 5.33. The molecule has 1 saturated heterocycles. The minimum atomic E-state index is -0.572. The number of carbonyl (C=O) groups is 3. The lowest BCUT2D eigenvalue weighted by atomic mass is 9.93. The molecule has 0 spiro atoms. The first kappa shape index (κ1) is 17.4. The van der Waals surface area contributed by atoms with E-state index in [1.54, 1.807) is 24.3 Å². The van der Waals surface area contributed by atoms with E-state index in [2.05, 4.69) is 10.6 Å². The SMILES string of the molecule is NCC(=O)N1CC(NC(=O)c2ccccc2)CC1C(=O)NC1CCC1. The van der Waals surface area contributed by atoms with Crippen molar-refractivity contribution < 1.29 is 14.4 Å². The number of nitrogens with two attached hydrogens (primary N) is 1. The van der Waals surface area contributed by atoms with Crippen LogP contribution in [0.3, 0.4) is 0 Å². The summed E-state index contributed by atoms with van der Waals surface area (Å²) < 4.78 is 0. The maximum atomic E-state index is 12.5. The van der Waals surface area contributed by atoms with Crippen LogP contribution in [-0.4, -0.2) is 53.8 Å². The van der Waals surface area contributed by atoms with Crippen molar-refractivity contribution in [2.75, 3.05) is 13.1 Å². The largest absolute Gasteiger partial charge is 0.352 e. The molecule has 1 aliphatic carbocycles. The topological polar surface area (TPSA) is 105 Å². The third kappa shape index (κ3) is 3.99. The summed E-state index contributed by atoms with van der Waals surface area (Å²) in [7, 11) is 0. The molecule has 4 N–H and O–H groups in total. The molecule has 0 bridgehead atoms. The fourth-order valence-corrected chi connectivity index (χ4v) is 3.29. The molecule has 2 unspecified atom stereocenters. The molecule has 1 aromatic rings. The lowest BCUT2D eigenvalue weighted by Gasteiger charge is -2.30. The molecule has 1 aliphatic heterocycles. The molecule has 1 heterocycles. The highest BCUT2D eigenvalue weighted by Crippen LogP contribution is 2.22. The van der Waals surface area contributed by atoms with Crippen molar-refractivity contribution in [1.29, 1.82) is 0 Å². The van der Waals surface area contributed by atoms with Crippen LogP contribution in [0, 0.1) is 0 Å². The zero-order chi connectivity index (χ0) is 17.8. The van der Waals surface area contributed by atoms with Crippen molar-refractivity contribution in [3.63, 3.8) is 0 Å². The van der Waals surface area contributed by atoms with Gasteiger partial charge in [-0.15, -0.1) is 0 Å². The summed E-state index contributed by atoms with van der Waals surface area (Å²) in [6.45, 7) is 0.157. The minimum absolute atomic E-state index is 0.146. The molecule has 2 aliphatic rings. The van der Waals surface area contributed by atoms with Crippen LogP contribution in [0.15, 0.2) is 30.3 Å². The zero-order valence-electron chi connectivity index (χ0n) is 14.1. The summed E-state index contributed by atoms with van der Waals surface area (Å²) in [5.41, 5.74) is 6.04. The number of rotatable bonds is 5. The van der Waals surface area contributed by atoms with Crippen LogP contribution in [0.2, 0.25) is 0 Å². The van der Waals surface area contributed by atoms with Gasteiger partial charge in [0.25, 0.3) is 5.91 Å². The second-order valence-corrected chi connectivity index (χ2v) is 6.67. The highest BCUT2D eigenvalue weighted by molar-refractivity contribution is 5.95. The molecule has 134 valence electrons. The number of benzene rings is 1. The predicted molar refractivity (Wildman–Crippen MR) is 92.7 cm³/mol. The number of likely N-dealkylation sites (tertiary alicyclic amines) is 1. The maximum absolute atomic E-state index is 12.5. The third-order valence-corrected chi connectivity index (χ3v) is 4.92. The summed E-state index contributed by atoms with van der Waals surface area (Å²) in [6.07, 6.45) is 3.49. The Morgan fingerprint density at radius 3 is 2.40 bits per heavy atom. The lowest BCUT2D eigenvalue weighted by Crippen LogP contribution is -2.51. The molecule has 2 fully saturated rings. The number of hydrogen-bond acceptors (Lipinski definition) is 4. The number of hydrogen-bond donors (Lipinski definition) is 3. The van der Waals surface area contributed by atoms with Crippen molar-refractivity contribution >= 4 is 17.7 Å². The van der Waals surface area contributed by atoms with Gasteiger partial charge >= 0.3 is 0 Å². The molecule has 7 nitrogen and oxygen atoms in total. The van der Waals surface area contributed by atoms with Gasteiger partial charge in [0.15, 0.2) is 0 Å². The molecule has 25 heavy (non-hydrogen) atoms. The predicted octanol–water partition coefficient (Wildman–Crippen LogP) is 0.0133. The smallest absolute Gasteiger partial charge is 0.251 e. The van der Waals surface area contributed by atoms with Crippen molar-refractivity contribution in [3.05, 3.63) is 35.9 Å². The quantitative estimate of drug-likeness (QED) is 0.700. The first-order chi connectivity index (χ1) is 12.1. The van der Waals surface area contributed by atoms with Gasteiger partial charge in [-0.1, -0.05) is 18.2 Å². The van der Waals surface area contributed by atoms with E-state index in [0.29, 0.717) is 18.5 Å². The van der Waals surface area contributed by atoms with Crippen LogP contribution in [0.25, 0.3) is 0 Å². The fourth-order valence-electron chi connectivity index (χ4n) is 3.29. The van der Waals surface area contributed by atoms with Crippen LogP contribution in [0.4, 0.5) is 0 Å². The highest BCUT2D eigenvalue weighted by Gasteiger charge is 2.40. The van der Waals surface area contributed by atoms with Gasteiger partial charge in [0.05, 0.1) is 6.54 Å². The van der Waals surface area contributed by atoms with E-state index in [9.17, 15) is 14.4 Å². The van der Waals surface area contributed by atoms with Crippen LogP contribution < -0.4 is 16.4 Å². The molecule has 3 amide bonds. The minimum Gasteiger partial charge on any atom is -0.352 e. The van der Waals surface area contributed by atoms with Gasteiger partial charge in [-0.25, -0.2) is 0 Å². The monoisotopic (exact) mass is 344 g/mol. The number of amides is 3. The van der Waals surface area contributed by atoms with Crippen LogP contribution in [0.1, 0.15) is 36.0 Å². The van der Waals surface area contributed by atoms with E-state index < -0.39 is 6.04 Å². The van der Waals surface area contributed by atoms with Gasteiger partial charge in [0.2, 0.25) is 11.8 Å². The lowest BCUT2D eigenvalue weighted by molar-refractivity contribution is -0.137. The molecular formula is C18H24N4O3. The van der Waals surface area contributed by atoms with Gasteiger partial charge in [0.1, 0.15) is 6.04 Å². The van der Waals surface area contributed by atoms with E-state index in [1.807, 2.05) is 6.07 Å².